The largest absolute Gasteiger partial charge is 0.368 e. The maximum absolute atomic E-state index is 11.7. The van der Waals surface area contributed by atoms with Crippen molar-refractivity contribution in [3.05, 3.63) is 35.7 Å². The van der Waals surface area contributed by atoms with Gasteiger partial charge >= 0.3 is 0 Å². The van der Waals surface area contributed by atoms with Crippen LogP contribution in [0.15, 0.2) is 24.4 Å². The summed E-state index contributed by atoms with van der Waals surface area (Å²) in [5.74, 6) is -1.31. The predicted molar refractivity (Wildman–Crippen MR) is 106 cm³/mol. The number of hydrogen-bond acceptors (Lipinski definition) is 8. The minimum Gasteiger partial charge on any atom is -0.368 e. The van der Waals surface area contributed by atoms with Crippen LogP contribution in [-0.2, 0) is 11.8 Å². The molecule has 2 heterocycles. The standard InChI is InChI=1S/C18H19N9O2/c1-3-12(15(20)28)23-18-24-17(14(16(21)29)25-26-18)22-10-4-5-13-11(6-10)9(7-19)8-27(13)2/h4-6,8,12H,3H2,1-2H3,(H2,20,28)(H2,21,29)(H2,22,23,24,26)/t12-/m1/s1. The van der Waals surface area contributed by atoms with Gasteiger partial charge in [-0.05, 0) is 24.6 Å². The third-order valence-corrected chi connectivity index (χ3v) is 4.35. The van der Waals surface area contributed by atoms with Crippen LogP contribution in [0.3, 0.4) is 0 Å². The van der Waals surface area contributed by atoms with Gasteiger partial charge in [0.25, 0.3) is 5.91 Å². The van der Waals surface area contributed by atoms with E-state index in [9.17, 15) is 14.9 Å². The van der Waals surface area contributed by atoms with Gasteiger partial charge in [-0.15, -0.1) is 10.2 Å². The molecule has 0 aliphatic carbocycles. The Morgan fingerprint density at radius 2 is 2.07 bits per heavy atom. The van der Waals surface area contributed by atoms with Gasteiger partial charge in [-0.25, -0.2) is 0 Å². The molecule has 0 radical (unpaired) electrons. The van der Waals surface area contributed by atoms with Gasteiger partial charge in [-0.1, -0.05) is 6.92 Å². The lowest BCUT2D eigenvalue weighted by Gasteiger charge is -2.14. The molecule has 2 amide bonds. The number of primary amides is 2. The molecule has 6 N–H and O–H groups in total. The summed E-state index contributed by atoms with van der Waals surface area (Å²) < 4.78 is 1.84. The van der Waals surface area contributed by atoms with E-state index in [1.54, 1.807) is 25.3 Å². The number of aryl methyl sites for hydroxylation is 1. The van der Waals surface area contributed by atoms with Crippen LogP contribution in [0.5, 0.6) is 0 Å². The smallest absolute Gasteiger partial charge is 0.273 e. The van der Waals surface area contributed by atoms with Gasteiger partial charge in [0.2, 0.25) is 11.9 Å². The number of nitrogens with one attached hydrogen (secondary N) is 2. The van der Waals surface area contributed by atoms with Crippen molar-refractivity contribution in [2.75, 3.05) is 10.6 Å². The Bertz CT molecular complexity index is 1150. The van der Waals surface area contributed by atoms with Crippen molar-refractivity contribution in [1.29, 1.82) is 5.26 Å². The van der Waals surface area contributed by atoms with E-state index in [1.807, 2.05) is 17.7 Å². The van der Waals surface area contributed by atoms with Crippen LogP contribution in [0.4, 0.5) is 17.5 Å². The molecule has 1 atom stereocenters. The average Bonchev–Trinajstić information content (AvgIpc) is 3.01. The summed E-state index contributed by atoms with van der Waals surface area (Å²) in [6.07, 6.45) is 2.15. The first kappa shape index (κ1) is 19.6. The van der Waals surface area contributed by atoms with E-state index >= 15 is 0 Å². The third-order valence-electron chi connectivity index (χ3n) is 4.35. The van der Waals surface area contributed by atoms with Gasteiger partial charge < -0.3 is 26.7 Å². The molecular weight excluding hydrogens is 374 g/mol. The number of carbonyl (C=O) groups is 2. The van der Waals surface area contributed by atoms with E-state index in [4.69, 9.17) is 11.5 Å². The molecule has 29 heavy (non-hydrogen) atoms. The first-order chi connectivity index (χ1) is 13.8. The first-order valence-electron chi connectivity index (χ1n) is 8.70. The summed E-state index contributed by atoms with van der Waals surface area (Å²) in [5, 5.41) is 23.4. The second-order valence-electron chi connectivity index (χ2n) is 6.33. The Labute approximate surface area is 165 Å². The normalized spacial score (nSPS) is 11.6. The molecule has 0 saturated heterocycles. The monoisotopic (exact) mass is 393 g/mol. The number of aromatic nitrogens is 4. The Balaban J connectivity index is 1.99. The number of carbonyl (C=O) groups excluding carboxylic acids is 2. The van der Waals surface area contributed by atoms with Gasteiger partial charge in [-0.3, -0.25) is 9.59 Å². The van der Waals surface area contributed by atoms with Gasteiger partial charge in [0.05, 0.1) is 5.56 Å². The molecule has 3 aromatic rings. The van der Waals surface area contributed by atoms with Crippen molar-refractivity contribution in [3.63, 3.8) is 0 Å². The summed E-state index contributed by atoms with van der Waals surface area (Å²) >= 11 is 0. The number of amides is 2. The van der Waals surface area contributed by atoms with E-state index in [2.05, 4.69) is 31.9 Å². The molecule has 0 fully saturated rings. The van der Waals surface area contributed by atoms with Crippen molar-refractivity contribution in [2.24, 2.45) is 18.5 Å². The van der Waals surface area contributed by atoms with Crippen LogP contribution in [0, 0.1) is 11.3 Å². The fraction of sp³-hybridized carbons (Fsp3) is 0.222. The zero-order chi connectivity index (χ0) is 21.1. The maximum atomic E-state index is 11.7. The van der Waals surface area contributed by atoms with Gasteiger partial charge in [0.1, 0.15) is 12.1 Å². The minimum absolute atomic E-state index is 0.0154. The highest BCUT2D eigenvalue weighted by molar-refractivity contribution is 5.97. The molecule has 0 aliphatic rings. The molecule has 0 spiro atoms. The Hall–Kier alpha value is -4.20. The Morgan fingerprint density at radius 1 is 1.31 bits per heavy atom. The zero-order valence-electron chi connectivity index (χ0n) is 15.8. The number of rotatable bonds is 7. The SMILES string of the molecule is CC[C@@H](Nc1nnc(C(N)=O)c(Nc2ccc3c(c2)c(C#N)cn3C)n1)C(N)=O. The minimum atomic E-state index is -0.820. The highest BCUT2D eigenvalue weighted by atomic mass is 16.1. The molecule has 0 aliphatic heterocycles. The molecule has 0 unspecified atom stereocenters. The second-order valence-corrected chi connectivity index (χ2v) is 6.33. The van der Waals surface area contributed by atoms with Gasteiger partial charge in [0.15, 0.2) is 11.5 Å². The lowest BCUT2D eigenvalue weighted by Crippen LogP contribution is -2.35. The molecular formula is C18H19N9O2. The number of nitriles is 1. The van der Waals surface area contributed by atoms with Crippen LogP contribution in [0.25, 0.3) is 10.9 Å². The maximum Gasteiger partial charge on any atom is 0.273 e. The fourth-order valence-corrected chi connectivity index (χ4v) is 2.87. The van der Waals surface area contributed by atoms with Gasteiger partial charge in [0, 0.05) is 29.8 Å². The van der Waals surface area contributed by atoms with E-state index in [0.29, 0.717) is 17.7 Å². The molecule has 148 valence electrons. The van der Waals surface area contributed by atoms with E-state index in [-0.39, 0.29) is 17.5 Å². The van der Waals surface area contributed by atoms with E-state index < -0.39 is 17.9 Å². The quantitative estimate of drug-likeness (QED) is 0.454. The second kappa shape index (κ2) is 7.81. The molecule has 11 nitrogen and oxygen atoms in total. The molecule has 11 heteroatoms. The number of nitrogens with two attached hydrogens (primary N) is 2. The van der Waals surface area contributed by atoms with Crippen molar-refractivity contribution < 1.29 is 9.59 Å². The number of anilines is 3. The lowest BCUT2D eigenvalue weighted by molar-refractivity contribution is -0.118. The zero-order valence-corrected chi connectivity index (χ0v) is 15.8. The first-order valence-corrected chi connectivity index (χ1v) is 8.70. The molecule has 3 rings (SSSR count). The van der Waals surface area contributed by atoms with Crippen molar-refractivity contribution in [1.82, 2.24) is 19.7 Å². The van der Waals surface area contributed by atoms with Crippen LogP contribution < -0.4 is 22.1 Å². The highest BCUT2D eigenvalue weighted by Gasteiger charge is 2.19. The van der Waals surface area contributed by atoms with E-state index in [0.717, 1.165) is 10.9 Å². The summed E-state index contributed by atoms with van der Waals surface area (Å²) in [4.78, 5) is 27.4. The van der Waals surface area contributed by atoms with E-state index in [1.165, 1.54) is 0 Å². The van der Waals surface area contributed by atoms with Crippen LogP contribution in [-0.4, -0.2) is 37.6 Å². The average molecular weight is 393 g/mol. The highest BCUT2D eigenvalue weighted by Crippen LogP contribution is 2.26. The van der Waals surface area contributed by atoms with Crippen molar-refractivity contribution in [2.45, 2.75) is 19.4 Å². The Morgan fingerprint density at radius 3 is 2.69 bits per heavy atom. The summed E-state index contributed by atoms with van der Waals surface area (Å²) in [6.45, 7) is 1.77. The summed E-state index contributed by atoms with van der Waals surface area (Å²) in [5.41, 5.74) is 12.5. The third kappa shape index (κ3) is 3.91. The fourth-order valence-electron chi connectivity index (χ4n) is 2.87. The molecule has 0 bridgehead atoms. The summed E-state index contributed by atoms with van der Waals surface area (Å²) in [6, 6.07) is 6.80. The molecule has 0 saturated carbocycles. The summed E-state index contributed by atoms with van der Waals surface area (Å²) in [7, 11) is 1.84. The van der Waals surface area contributed by atoms with Crippen LogP contribution >= 0.6 is 0 Å². The lowest BCUT2D eigenvalue weighted by atomic mass is 10.1. The number of nitrogens with zero attached hydrogens (tertiary/aromatic N) is 5. The van der Waals surface area contributed by atoms with Crippen molar-refractivity contribution >= 4 is 40.2 Å². The topological polar surface area (TPSA) is 178 Å². The van der Waals surface area contributed by atoms with Crippen LogP contribution in [0.1, 0.15) is 29.4 Å². The molecule has 1 aromatic carbocycles. The Kier molecular flexibility index (Phi) is 5.27. The van der Waals surface area contributed by atoms with Crippen molar-refractivity contribution in [3.8, 4) is 6.07 Å². The van der Waals surface area contributed by atoms with Gasteiger partial charge in [-0.2, -0.15) is 10.2 Å². The predicted octanol–water partition coefficient (Wildman–Crippen LogP) is 0.753. The number of fused-ring (bicyclic) bond motifs is 1. The van der Waals surface area contributed by atoms with Crippen LogP contribution in [0.2, 0.25) is 0 Å². The number of benzene rings is 1. The number of hydrogen-bond donors (Lipinski definition) is 4. The molecule has 2 aromatic heterocycles.